The molecular weight excluding hydrogens is 308 g/mol. The zero-order valence-electron chi connectivity index (χ0n) is 16.2. The lowest BCUT2D eigenvalue weighted by atomic mass is 9.99. The third-order valence-corrected chi connectivity index (χ3v) is 4.05. The fourth-order valence-corrected chi connectivity index (χ4v) is 2.58. The molecule has 0 amide bonds. The van der Waals surface area contributed by atoms with Crippen molar-refractivity contribution < 1.29 is 0 Å². The first-order valence-electron chi connectivity index (χ1n) is 8.57. The maximum absolute atomic E-state index is 5.45. The van der Waals surface area contributed by atoms with Crippen molar-refractivity contribution in [2.75, 3.05) is 6.54 Å². The fraction of sp³-hybridized carbons (Fsp3) is 0.381. The van der Waals surface area contributed by atoms with Crippen LogP contribution in [0.2, 0.25) is 0 Å². The second-order valence-electron chi connectivity index (χ2n) is 6.94. The Bertz CT molecular complexity index is 681. The molecule has 0 spiro atoms. The number of hydrogen-bond donors (Lipinski definition) is 3. The highest BCUT2D eigenvalue weighted by Crippen LogP contribution is 2.18. The van der Waals surface area contributed by atoms with Crippen LogP contribution in [0.4, 0.5) is 0 Å². The molecule has 0 atom stereocenters. The summed E-state index contributed by atoms with van der Waals surface area (Å²) in [7, 11) is 0. The molecule has 4 nitrogen and oxygen atoms in total. The van der Waals surface area contributed by atoms with Gasteiger partial charge in [-0.25, -0.2) is 0 Å². The normalized spacial score (nSPS) is 12.7. The first-order chi connectivity index (χ1) is 11.7. The molecule has 0 saturated carbocycles. The van der Waals surface area contributed by atoms with Crippen LogP contribution in [-0.4, -0.2) is 17.1 Å². The lowest BCUT2D eigenvalue weighted by Gasteiger charge is -2.29. The smallest absolute Gasteiger partial charge is 0.0887 e. The van der Waals surface area contributed by atoms with Crippen molar-refractivity contribution in [3.63, 3.8) is 0 Å². The number of rotatable bonds is 9. The molecule has 0 aliphatic carbocycles. The highest BCUT2D eigenvalue weighted by Gasteiger charge is 2.19. The molecule has 0 fully saturated rings. The quantitative estimate of drug-likeness (QED) is 0.596. The largest absolute Gasteiger partial charge is 0.405 e. The van der Waals surface area contributed by atoms with Crippen LogP contribution >= 0.6 is 0 Å². The summed E-state index contributed by atoms with van der Waals surface area (Å²) in [5, 5.41) is 6.93. The standard InChI is InChI=1S/C21H32N4/c1-8-19(15(2)11-13-22)23-14-12-21(6,7)25-18(5)20-16(3)9-10-17(4)24-20/h8-11,13,23,25H,1,5,12,14,22H2,2-4,6-7H3/b13-11-,19-15+. The van der Waals surface area contributed by atoms with Crippen LogP contribution in [0, 0.1) is 13.8 Å². The van der Waals surface area contributed by atoms with E-state index >= 15 is 0 Å². The predicted molar refractivity (Wildman–Crippen MR) is 109 cm³/mol. The van der Waals surface area contributed by atoms with Gasteiger partial charge in [0.15, 0.2) is 0 Å². The van der Waals surface area contributed by atoms with Crippen LogP contribution in [0.25, 0.3) is 5.70 Å². The molecular formula is C21H32N4. The monoisotopic (exact) mass is 340 g/mol. The van der Waals surface area contributed by atoms with E-state index < -0.39 is 0 Å². The van der Waals surface area contributed by atoms with Gasteiger partial charge < -0.3 is 16.4 Å². The Labute approximate surface area is 152 Å². The number of aryl methyl sites for hydroxylation is 2. The molecule has 0 bridgehead atoms. The summed E-state index contributed by atoms with van der Waals surface area (Å²) in [5.74, 6) is 0. The first-order valence-corrected chi connectivity index (χ1v) is 8.57. The topological polar surface area (TPSA) is 63.0 Å². The van der Waals surface area contributed by atoms with Gasteiger partial charge in [-0.3, -0.25) is 4.98 Å². The van der Waals surface area contributed by atoms with E-state index in [2.05, 4.69) is 55.6 Å². The Morgan fingerprint density at radius 3 is 2.60 bits per heavy atom. The molecule has 0 aliphatic rings. The van der Waals surface area contributed by atoms with Gasteiger partial charge in [0.25, 0.3) is 0 Å². The third-order valence-electron chi connectivity index (χ3n) is 4.05. The summed E-state index contributed by atoms with van der Waals surface area (Å²) >= 11 is 0. The first kappa shape index (κ1) is 20.6. The maximum atomic E-state index is 5.45. The van der Waals surface area contributed by atoms with Crippen molar-refractivity contribution in [2.24, 2.45) is 5.73 Å². The minimum absolute atomic E-state index is 0.119. The maximum Gasteiger partial charge on any atom is 0.0887 e. The van der Waals surface area contributed by atoms with E-state index in [1.807, 2.05) is 32.1 Å². The molecule has 0 unspecified atom stereocenters. The lowest BCUT2D eigenvalue weighted by molar-refractivity contribution is 0.412. The average Bonchev–Trinajstić information content (AvgIpc) is 2.53. The number of pyridine rings is 1. The summed E-state index contributed by atoms with van der Waals surface area (Å²) < 4.78 is 0. The molecule has 4 heteroatoms. The SMILES string of the molecule is C=C/C(NCCC(C)(C)NC(=C)c1nc(C)ccc1C)=C(C)\C=C/N. The van der Waals surface area contributed by atoms with Crippen molar-refractivity contribution in [2.45, 2.75) is 46.6 Å². The Hall–Kier alpha value is -2.49. The van der Waals surface area contributed by atoms with Crippen molar-refractivity contribution >= 4 is 5.70 Å². The highest BCUT2D eigenvalue weighted by molar-refractivity contribution is 5.61. The van der Waals surface area contributed by atoms with Crippen LogP contribution in [0.15, 0.2) is 54.9 Å². The van der Waals surface area contributed by atoms with Gasteiger partial charge in [0.05, 0.1) is 11.4 Å². The van der Waals surface area contributed by atoms with E-state index in [1.54, 1.807) is 0 Å². The molecule has 1 aromatic heterocycles. The third kappa shape index (κ3) is 6.49. The van der Waals surface area contributed by atoms with Crippen molar-refractivity contribution in [1.82, 2.24) is 15.6 Å². The van der Waals surface area contributed by atoms with Crippen LogP contribution < -0.4 is 16.4 Å². The number of nitrogens with two attached hydrogens (primary N) is 1. The zero-order valence-corrected chi connectivity index (χ0v) is 16.2. The summed E-state index contributed by atoms with van der Waals surface area (Å²) in [6, 6.07) is 4.09. The van der Waals surface area contributed by atoms with Gasteiger partial charge in [-0.1, -0.05) is 19.2 Å². The molecule has 1 rings (SSSR count). The summed E-state index contributed by atoms with van der Waals surface area (Å²) in [4.78, 5) is 4.60. The lowest BCUT2D eigenvalue weighted by Crippen LogP contribution is -2.40. The van der Waals surface area contributed by atoms with Gasteiger partial charge in [0.2, 0.25) is 0 Å². The molecule has 0 saturated heterocycles. The van der Waals surface area contributed by atoms with Crippen molar-refractivity contribution in [1.29, 1.82) is 0 Å². The van der Waals surface area contributed by atoms with Gasteiger partial charge in [0, 0.05) is 23.5 Å². The molecule has 25 heavy (non-hydrogen) atoms. The number of hydrogen-bond acceptors (Lipinski definition) is 4. The van der Waals surface area contributed by atoms with E-state index in [4.69, 9.17) is 5.73 Å². The molecule has 0 aromatic carbocycles. The molecule has 4 N–H and O–H groups in total. The zero-order chi connectivity index (χ0) is 19.0. The van der Waals surface area contributed by atoms with Gasteiger partial charge in [0.1, 0.15) is 0 Å². The van der Waals surface area contributed by atoms with Gasteiger partial charge in [-0.05, 0) is 76.6 Å². The molecule has 136 valence electrons. The minimum Gasteiger partial charge on any atom is -0.405 e. The molecule has 1 heterocycles. The minimum atomic E-state index is -0.119. The second kappa shape index (κ2) is 9.11. The Kier molecular flexibility index (Phi) is 7.49. The summed E-state index contributed by atoms with van der Waals surface area (Å²) in [6.07, 6.45) is 6.12. The van der Waals surface area contributed by atoms with Crippen LogP contribution in [0.5, 0.6) is 0 Å². The number of nitrogens with zero attached hydrogens (tertiary/aromatic N) is 1. The van der Waals surface area contributed by atoms with E-state index in [9.17, 15) is 0 Å². The van der Waals surface area contributed by atoms with E-state index in [0.29, 0.717) is 0 Å². The number of allylic oxidation sites excluding steroid dienone is 3. The molecule has 1 aromatic rings. The van der Waals surface area contributed by atoms with Gasteiger partial charge >= 0.3 is 0 Å². The van der Waals surface area contributed by atoms with Crippen LogP contribution in [-0.2, 0) is 0 Å². The van der Waals surface area contributed by atoms with E-state index in [-0.39, 0.29) is 5.54 Å². The Balaban J connectivity index is 2.69. The van der Waals surface area contributed by atoms with E-state index in [0.717, 1.165) is 46.9 Å². The van der Waals surface area contributed by atoms with Crippen molar-refractivity contribution in [3.05, 3.63) is 71.9 Å². The summed E-state index contributed by atoms with van der Waals surface area (Å²) in [5.41, 5.74) is 11.3. The van der Waals surface area contributed by atoms with Crippen molar-refractivity contribution in [3.8, 4) is 0 Å². The van der Waals surface area contributed by atoms with Gasteiger partial charge in [-0.2, -0.15) is 0 Å². The highest BCUT2D eigenvalue weighted by atomic mass is 15.0. The number of nitrogens with one attached hydrogen (secondary N) is 2. The van der Waals surface area contributed by atoms with Crippen LogP contribution in [0.3, 0.4) is 0 Å². The molecule has 0 aliphatic heterocycles. The summed E-state index contributed by atoms with van der Waals surface area (Å²) in [6.45, 7) is 19.2. The molecule has 0 radical (unpaired) electrons. The Morgan fingerprint density at radius 1 is 1.32 bits per heavy atom. The fourth-order valence-electron chi connectivity index (χ4n) is 2.58. The number of aromatic nitrogens is 1. The average molecular weight is 341 g/mol. The second-order valence-corrected chi connectivity index (χ2v) is 6.94. The predicted octanol–water partition coefficient (Wildman–Crippen LogP) is 3.95. The van der Waals surface area contributed by atoms with E-state index in [1.165, 1.54) is 6.20 Å². The Morgan fingerprint density at radius 2 is 2.00 bits per heavy atom. The van der Waals surface area contributed by atoms with Gasteiger partial charge in [-0.15, -0.1) is 0 Å². The van der Waals surface area contributed by atoms with Crippen LogP contribution in [0.1, 0.15) is 44.1 Å².